The van der Waals surface area contributed by atoms with Crippen LogP contribution in [0.3, 0.4) is 0 Å². The van der Waals surface area contributed by atoms with Crippen molar-refractivity contribution in [2.24, 2.45) is 17.8 Å². The van der Waals surface area contributed by atoms with Gasteiger partial charge in [0.15, 0.2) is 0 Å². The molecule has 3 aromatic rings. The van der Waals surface area contributed by atoms with Crippen LogP contribution in [0.5, 0.6) is 0 Å². The van der Waals surface area contributed by atoms with E-state index < -0.39 is 5.91 Å². The van der Waals surface area contributed by atoms with Gasteiger partial charge in [-0.25, -0.2) is 9.98 Å². The first-order chi connectivity index (χ1) is 16.8. The maximum Gasteiger partial charge on any atom is 0.278 e. The van der Waals surface area contributed by atoms with Crippen molar-refractivity contribution in [1.29, 1.82) is 0 Å². The number of aromatic nitrogens is 2. The molecule has 0 atom stereocenters. The summed E-state index contributed by atoms with van der Waals surface area (Å²) in [7, 11) is 1.84. The zero-order valence-corrected chi connectivity index (χ0v) is 20.3. The van der Waals surface area contributed by atoms with Gasteiger partial charge in [0.2, 0.25) is 5.95 Å². The second kappa shape index (κ2) is 10.5. The number of fused-ring (bicyclic) bond motifs is 1. The first-order valence-corrected chi connectivity index (χ1v) is 11.7. The molecule has 1 aliphatic heterocycles. The number of anilines is 1. The lowest BCUT2D eigenvalue weighted by atomic mass is 10.1. The summed E-state index contributed by atoms with van der Waals surface area (Å²) in [5.41, 5.74) is 10.2. The van der Waals surface area contributed by atoms with Gasteiger partial charge in [-0.15, -0.1) is 0 Å². The van der Waals surface area contributed by atoms with E-state index in [1.54, 1.807) is 19.1 Å². The van der Waals surface area contributed by atoms with Gasteiger partial charge in [0.25, 0.3) is 11.8 Å². The van der Waals surface area contributed by atoms with Gasteiger partial charge in [-0.05, 0) is 56.6 Å². The van der Waals surface area contributed by atoms with Crippen LogP contribution in [0.25, 0.3) is 11.0 Å². The van der Waals surface area contributed by atoms with Crippen LogP contribution in [0.15, 0.2) is 64.9 Å². The second-order valence-electron chi connectivity index (χ2n) is 8.64. The van der Waals surface area contributed by atoms with Crippen molar-refractivity contribution < 1.29 is 9.59 Å². The van der Waals surface area contributed by atoms with E-state index in [2.05, 4.69) is 20.6 Å². The van der Waals surface area contributed by atoms with Crippen LogP contribution in [-0.4, -0.2) is 58.2 Å². The predicted octanol–water partition coefficient (Wildman–Crippen LogP) is 2.65. The number of nitrogens with zero attached hydrogens (tertiary/aromatic N) is 4. The molecule has 0 unspecified atom stereocenters. The number of carbonyl (C=O) groups is 2. The van der Waals surface area contributed by atoms with E-state index in [-0.39, 0.29) is 11.6 Å². The topological polar surface area (TPSA) is 118 Å². The van der Waals surface area contributed by atoms with Gasteiger partial charge < -0.3 is 20.5 Å². The zero-order chi connectivity index (χ0) is 24.9. The minimum Gasteiger partial charge on any atom is -0.400 e. The standard InChI is InChI=1S/C26H31N7O2/c1-17(27)23(24(34)31-26-30-21-7-4-5-8-22(21)32(26)3)29-18(2)19-9-11-20(12-10-19)25(35)33-15-6-13-28-14-16-33/h4-5,7-12,28H,6,13-16,27H2,1-3H3,(H,30,31,34)/b23-17+,29-18?. The maximum atomic E-state index is 13.0. The number of carbonyl (C=O) groups excluding carboxylic acids is 2. The second-order valence-corrected chi connectivity index (χ2v) is 8.64. The number of hydrogen-bond donors (Lipinski definition) is 3. The summed E-state index contributed by atoms with van der Waals surface area (Å²) in [6, 6.07) is 14.9. The van der Waals surface area contributed by atoms with E-state index in [1.807, 2.05) is 59.8 Å². The van der Waals surface area contributed by atoms with Gasteiger partial charge in [0.1, 0.15) is 5.70 Å². The van der Waals surface area contributed by atoms with Crippen molar-refractivity contribution in [3.63, 3.8) is 0 Å². The fraction of sp³-hybridized carbons (Fsp3) is 0.308. The first-order valence-electron chi connectivity index (χ1n) is 11.7. The normalized spacial score (nSPS) is 15.5. The summed E-state index contributed by atoms with van der Waals surface area (Å²) in [4.78, 5) is 36.7. The summed E-state index contributed by atoms with van der Waals surface area (Å²) in [6.07, 6.45) is 0.944. The molecule has 2 heterocycles. The minimum absolute atomic E-state index is 0.0232. The Morgan fingerprint density at radius 1 is 1.03 bits per heavy atom. The number of aryl methyl sites for hydroxylation is 1. The molecule has 1 aliphatic rings. The summed E-state index contributed by atoms with van der Waals surface area (Å²) in [5.74, 6) is -0.00577. The summed E-state index contributed by atoms with van der Waals surface area (Å²) in [6.45, 7) is 6.63. The number of benzene rings is 2. The summed E-state index contributed by atoms with van der Waals surface area (Å²) < 4.78 is 1.81. The first kappa shape index (κ1) is 24.2. The highest BCUT2D eigenvalue weighted by Gasteiger charge is 2.18. The number of rotatable bonds is 5. The van der Waals surface area contributed by atoms with E-state index in [4.69, 9.17) is 5.73 Å². The Bertz CT molecular complexity index is 1290. The van der Waals surface area contributed by atoms with Crippen LogP contribution in [0.1, 0.15) is 36.2 Å². The van der Waals surface area contributed by atoms with Crippen LogP contribution in [0.2, 0.25) is 0 Å². The molecular weight excluding hydrogens is 442 g/mol. The Morgan fingerprint density at radius 3 is 2.46 bits per heavy atom. The highest BCUT2D eigenvalue weighted by molar-refractivity contribution is 6.08. The molecule has 1 aromatic heterocycles. The summed E-state index contributed by atoms with van der Waals surface area (Å²) in [5, 5.41) is 6.12. The smallest absolute Gasteiger partial charge is 0.278 e. The quantitative estimate of drug-likeness (QED) is 0.389. The molecule has 0 saturated carbocycles. The van der Waals surface area contributed by atoms with E-state index in [9.17, 15) is 9.59 Å². The lowest BCUT2D eigenvalue weighted by Crippen LogP contribution is -2.34. The molecule has 35 heavy (non-hydrogen) atoms. The molecule has 4 N–H and O–H groups in total. The van der Waals surface area contributed by atoms with Gasteiger partial charge in [-0.1, -0.05) is 24.3 Å². The molecule has 1 fully saturated rings. The zero-order valence-electron chi connectivity index (χ0n) is 20.3. The van der Waals surface area contributed by atoms with E-state index in [0.717, 1.165) is 42.7 Å². The van der Waals surface area contributed by atoms with Crippen LogP contribution < -0.4 is 16.4 Å². The van der Waals surface area contributed by atoms with Gasteiger partial charge in [-0.3, -0.25) is 14.9 Å². The number of amides is 2. The van der Waals surface area contributed by atoms with Crippen LogP contribution in [-0.2, 0) is 11.8 Å². The molecular formula is C26H31N7O2. The summed E-state index contributed by atoms with van der Waals surface area (Å²) >= 11 is 0. The molecule has 0 radical (unpaired) electrons. The molecule has 0 spiro atoms. The molecule has 9 heteroatoms. The van der Waals surface area contributed by atoms with Crippen molar-refractivity contribution in [1.82, 2.24) is 19.8 Å². The molecule has 2 amide bonds. The highest BCUT2D eigenvalue weighted by Crippen LogP contribution is 2.19. The molecule has 9 nitrogen and oxygen atoms in total. The minimum atomic E-state index is -0.440. The van der Waals surface area contributed by atoms with Crippen molar-refractivity contribution in [2.45, 2.75) is 20.3 Å². The predicted molar refractivity (Wildman–Crippen MR) is 138 cm³/mol. The number of allylic oxidation sites excluding steroid dienone is 1. The fourth-order valence-corrected chi connectivity index (χ4v) is 4.05. The number of imidazole rings is 1. The molecule has 182 valence electrons. The number of hydrogen-bond acceptors (Lipinski definition) is 6. The van der Waals surface area contributed by atoms with Crippen molar-refractivity contribution in [2.75, 3.05) is 31.5 Å². The number of para-hydroxylation sites is 2. The maximum absolute atomic E-state index is 13.0. The van der Waals surface area contributed by atoms with Gasteiger partial charge in [0, 0.05) is 43.7 Å². The molecule has 2 aromatic carbocycles. The van der Waals surface area contributed by atoms with E-state index in [0.29, 0.717) is 29.5 Å². The van der Waals surface area contributed by atoms with E-state index >= 15 is 0 Å². The van der Waals surface area contributed by atoms with Crippen molar-refractivity contribution in [3.05, 3.63) is 71.1 Å². The third-order valence-corrected chi connectivity index (χ3v) is 6.06. The lowest BCUT2D eigenvalue weighted by molar-refractivity contribution is -0.113. The average molecular weight is 474 g/mol. The monoisotopic (exact) mass is 473 g/mol. The average Bonchev–Trinajstić information content (AvgIpc) is 3.02. The van der Waals surface area contributed by atoms with Gasteiger partial charge in [-0.2, -0.15) is 0 Å². The van der Waals surface area contributed by atoms with Crippen molar-refractivity contribution in [3.8, 4) is 0 Å². The number of aliphatic imine (C=N–C) groups is 1. The van der Waals surface area contributed by atoms with Crippen LogP contribution in [0.4, 0.5) is 5.95 Å². The van der Waals surface area contributed by atoms with Gasteiger partial charge in [0.05, 0.1) is 11.0 Å². The third kappa shape index (κ3) is 5.41. The van der Waals surface area contributed by atoms with Gasteiger partial charge >= 0.3 is 0 Å². The van der Waals surface area contributed by atoms with E-state index in [1.165, 1.54) is 0 Å². The molecule has 4 rings (SSSR count). The number of nitrogens with one attached hydrogen (secondary N) is 2. The molecule has 0 bridgehead atoms. The molecule has 1 saturated heterocycles. The number of nitrogens with two attached hydrogens (primary N) is 1. The Labute approximate surface area is 204 Å². The SMILES string of the molecule is CC(=N/C(C(=O)Nc1nc2ccccc2n1C)=C(\C)N)c1ccc(C(=O)N2CCCNCC2)cc1. The Hall–Kier alpha value is -3.98. The Kier molecular flexibility index (Phi) is 7.26. The largest absolute Gasteiger partial charge is 0.400 e. The van der Waals surface area contributed by atoms with Crippen LogP contribution >= 0.6 is 0 Å². The molecule has 0 aliphatic carbocycles. The van der Waals surface area contributed by atoms with Crippen molar-refractivity contribution >= 4 is 34.5 Å². The lowest BCUT2D eigenvalue weighted by Gasteiger charge is -2.20. The third-order valence-electron chi connectivity index (χ3n) is 6.06. The fourth-order valence-electron chi connectivity index (χ4n) is 4.05. The van der Waals surface area contributed by atoms with Crippen LogP contribution in [0, 0.1) is 0 Å². The Morgan fingerprint density at radius 2 is 1.74 bits per heavy atom. The Balaban J connectivity index is 1.51. The highest BCUT2D eigenvalue weighted by atomic mass is 16.2.